The Morgan fingerprint density at radius 1 is 1.25 bits per heavy atom. The van der Waals surface area contributed by atoms with Crippen LogP contribution in [0.3, 0.4) is 0 Å². The molecule has 0 aromatic carbocycles. The highest BCUT2D eigenvalue weighted by Gasteiger charge is 2.14. The summed E-state index contributed by atoms with van der Waals surface area (Å²) in [5.41, 5.74) is 0.474. The number of nitrogens with one attached hydrogen (secondary N) is 1. The van der Waals surface area contributed by atoms with E-state index >= 15 is 0 Å². The zero-order chi connectivity index (χ0) is 14.7. The molecule has 0 radical (unpaired) electrons. The first-order chi connectivity index (χ1) is 9.53. The lowest BCUT2D eigenvalue weighted by molar-refractivity contribution is 0.101. The SMILES string of the molecule is COc1cc(OC)nc(NC(=O)c2cc(Br)cn2C)n1. The number of ether oxygens (including phenoxy) is 2. The molecule has 2 rings (SSSR count). The fourth-order valence-corrected chi connectivity index (χ4v) is 2.11. The van der Waals surface area contributed by atoms with Gasteiger partial charge in [0.25, 0.3) is 5.91 Å². The van der Waals surface area contributed by atoms with Crippen LogP contribution in [-0.4, -0.2) is 34.7 Å². The van der Waals surface area contributed by atoms with Gasteiger partial charge in [0, 0.05) is 17.7 Å². The number of carbonyl (C=O) groups excluding carboxylic acids is 1. The van der Waals surface area contributed by atoms with Crippen molar-refractivity contribution in [2.75, 3.05) is 19.5 Å². The molecule has 1 amide bonds. The highest BCUT2D eigenvalue weighted by molar-refractivity contribution is 9.10. The van der Waals surface area contributed by atoms with E-state index in [4.69, 9.17) is 9.47 Å². The predicted molar refractivity (Wildman–Crippen MR) is 76.2 cm³/mol. The minimum atomic E-state index is -0.325. The zero-order valence-corrected chi connectivity index (χ0v) is 12.8. The molecule has 7 nitrogen and oxygen atoms in total. The first-order valence-electron chi connectivity index (χ1n) is 5.63. The standard InChI is InChI=1S/C12H13BrN4O3/c1-17-6-7(13)4-8(17)11(18)16-12-14-9(19-2)5-10(15-12)20-3/h4-6H,1-3H3,(H,14,15,16,18). The van der Waals surface area contributed by atoms with Gasteiger partial charge in [0.2, 0.25) is 17.7 Å². The summed E-state index contributed by atoms with van der Waals surface area (Å²) >= 11 is 3.31. The van der Waals surface area contributed by atoms with Gasteiger partial charge in [-0.15, -0.1) is 0 Å². The molecular weight excluding hydrogens is 328 g/mol. The van der Waals surface area contributed by atoms with E-state index in [2.05, 4.69) is 31.2 Å². The number of nitrogens with zero attached hydrogens (tertiary/aromatic N) is 3. The van der Waals surface area contributed by atoms with Crippen molar-refractivity contribution in [2.45, 2.75) is 0 Å². The number of carbonyl (C=O) groups is 1. The van der Waals surface area contributed by atoms with Crippen molar-refractivity contribution in [3.8, 4) is 11.8 Å². The maximum atomic E-state index is 12.1. The van der Waals surface area contributed by atoms with Crippen molar-refractivity contribution >= 4 is 27.8 Å². The van der Waals surface area contributed by atoms with Crippen LogP contribution in [0.2, 0.25) is 0 Å². The molecule has 0 atom stereocenters. The normalized spacial score (nSPS) is 10.2. The van der Waals surface area contributed by atoms with Crippen LogP contribution in [0.25, 0.3) is 0 Å². The summed E-state index contributed by atoms with van der Waals surface area (Å²) < 4.78 is 12.5. The summed E-state index contributed by atoms with van der Waals surface area (Å²) in [5.74, 6) is 0.400. The fourth-order valence-electron chi connectivity index (χ4n) is 1.58. The van der Waals surface area contributed by atoms with Gasteiger partial charge in [-0.25, -0.2) is 0 Å². The van der Waals surface area contributed by atoms with E-state index in [-0.39, 0.29) is 11.9 Å². The number of halogens is 1. The van der Waals surface area contributed by atoms with Gasteiger partial charge in [-0.2, -0.15) is 9.97 Å². The third kappa shape index (κ3) is 3.08. The zero-order valence-electron chi connectivity index (χ0n) is 11.2. The Hall–Kier alpha value is -2.09. The van der Waals surface area contributed by atoms with E-state index in [1.165, 1.54) is 20.3 Å². The molecule has 0 spiro atoms. The van der Waals surface area contributed by atoms with Crippen molar-refractivity contribution in [1.82, 2.24) is 14.5 Å². The molecule has 106 valence electrons. The maximum absolute atomic E-state index is 12.1. The lowest BCUT2D eigenvalue weighted by Gasteiger charge is -2.07. The van der Waals surface area contributed by atoms with Crippen molar-refractivity contribution in [1.29, 1.82) is 0 Å². The summed E-state index contributed by atoms with van der Waals surface area (Å²) in [5, 5.41) is 2.60. The highest BCUT2D eigenvalue weighted by atomic mass is 79.9. The number of anilines is 1. The maximum Gasteiger partial charge on any atom is 0.274 e. The number of aromatic nitrogens is 3. The van der Waals surface area contributed by atoms with E-state index < -0.39 is 0 Å². The summed E-state index contributed by atoms with van der Waals surface area (Å²) in [4.78, 5) is 20.2. The van der Waals surface area contributed by atoms with Gasteiger partial charge < -0.3 is 14.0 Å². The van der Waals surface area contributed by atoms with Crippen molar-refractivity contribution in [3.63, 3.8) is 0 Å². The Labute approximate surface area is 124 Å². The molecule has 8 heteroatoms. The molecule has 0 unspecified atom stereocenters. The monoisotopic (exact) mass is 340 g/mol. The van der Waals surface area contributed by atoms with Crippen LogP contribution < -0.4 is 14.8 Å². The van der Waals surface area contributed by atoms with Gasteiger partial charge in [-0.05, 0) is 22.0 Å². The second-order valence-corrected chi connectivity index (χ2v) is 4.80. The van der Waals surface area contributed by atoms with Gasteiger partial charge >= 0.3 is 0 Å². The topological polar surface area (TPSA) is 78.3 Å². The molecule has 2 heterocycles. The van der Waals surface area contributed by atoms with Crippen LogP contribution in [-0.2, 0) is 7.05 Å². The Bertz CT molecular complexity index is 619. The van der Waals surface area contributed by atoms with Crippen LogP contribution in [0, 0.1) is 0 Å². The minimum Gasteiger partial charge on any atom is -0.481 e. The number of methoxy groups -OCH3 is 2. The molecule has 2 aromatic rings. The molecule has 2 aromatic heterocycles. The van der Waals surface area contributed by atoms with Gasteiger partial charge in [-0.1, -0.05) is 0 Å². The lowest BCUT2D eigenvalue weighted by atomic mass is 10.4. The second-order valence-electron chi connectivity index (χ2n) is 3.88. The van der Waals surface area contributed by atoms with Crippen molar-refractivity contribution in [2.24, 2.45) is 7.05 Å². The Balaban J connectivity index is 2.25. The molecule has 20 heavy (non-hydrogen) atoms. The fraction of sp³-hybridized carbons (Fsp3) is 0.250. The average Bonchev–Trinajstić information content (AvgIpc) is 2.77. The number of rotatable bonds is 4. The summed E-state index contributed by atoms with van der Waals surface area (Å²) in [7, 11) is 4.72. The van der Waals surface area contributed by atoms with Gasteiger partial charge in [-0.3, -0.25) is 10.1 Å². The van der Waals surface area contributed by atoms with Crippen LogP contribution in [0.1, 0.15) is 10.5 Å². The molecule has 0 bridgehead atoms. The van der Waals surface area contributed by atoms with E-state index in [9.17, 15) is 4.79 Å². The third-order valence-corrected chi connectivity index (χ3v) is 2.96. The van der Waals surface area contributed by atoms with Crippen molar-refractivity contribution < 1.29 is 14.3 Å². The molecular formula is C12H13BrN4O3. The van der Waals surface area contributed by atoms with Crippen LogP contribution in [0.4, 0.5) is 5.95 Å². The van der Waals surface area contributed by atoms with E-state index in [1.54, 1.807) is 23.9 Å². The van der Waals surface area contributed by atoms with Gasteiger partial charge in [0.05, 0.1) is 20.3 Å². The van der Waals surface area contributed by atoms with E-state index in [0.717, 1.165) is 4.47 Å². The third-order valence-electron chi connectivity index (χ3n) is 2.53. The number of hydrogen-bond donors (Lipinski definition) is 1. The molecule has 0 fully saturated rings. The number of hydrogen-bond acceptors (Lipinski definition) is 5. The largest absolute Gasteiger partial charge is 0.481 e. The van der Waals surface area contributed by atoms with Gasteiger partial charge in [0.1, 0.15) is 5.69 Å². The van der Waals surface area contributed by atoms with Crippen LogP contribution >= 0.6 is 15.9 Å². The highest BCUT2D eigenvalue weighted by Crippen LogP contribution is 2.19. The first kappa shape index (κ1) is 14.3. The molecule has 0 aliphatic rings. The number of amides is 1. The van der Waals surface area contributed by atoms with E-state index in [1.807, 2.05) is 0 Å². The van der Waals surface area contributed by atoms with Crippen molar-refractivity contribution in [3.05, 3.63) is 28.5 Å². The second kappa shape index (κ2) is 5.91. The molecule has 0 saturated heterocycles. The first-order valence-corrected chi connectivity index (χ1v) is 6.43. The predicted octanol–water partition coefficient (Wildman–Crippen LogP) is 1.85. The summed E-state index contributed by atoms with van der Waals surface area (Å²) in [6.45, 7) is 0. The Kier molecular flexibility index (Phi) is 4.23. The smallest absolute Gasteiger partial charge is 0.274 e. The summed E-state index contributed by atoms with van der Waals surface area (Å²) in [6, 6.07) is 3.22. The molecule has 1 N–H and O–H groups in total. The molecule has 0 saturated carbocycles. The average molecular weight is 341 g/mol. The van der Waals surface area contributed by atoms with Crippen LogP contribution in [0.15, 0.2) is 22.8 Å². The quantitative estimate of drug-likeness (QED) is 0.918. The summed E-state index contributed by atoms with van der Waals surface area (Å²) in [6.07, 6.45) is 1.78. The lowest BCUT2D eigenvalue weighted by Crippen LogP contribution is -2.17. The minimum absolute atomic E-state index is 0.114. The molecule has 0 aliphatic heterocycles. The Morgan fingerprint density at radius 2 is 1.85 bits per heavy atom. The van der Waals surface area contributed by atoms with Crippen LogP contribution in [0.5, 0.6) is 11.8 Å². The van der Waals surface area contributed by atoms with E-state index in [0.29, 0.717) is 17.5 Å². The number of aryl methyl sites for hydroxylation is 1. The Morgan fingerprint density at radius 3 is 2.30 bits per heavy atom. The van der Waals surface area contributed by atoms with Gasteiger partial charge in [0.15, 0.2) is 0 Å². The molecule has 0 aliphatic carbocycles.